The molecule has 3 rings (SSSR count). The van der Waals surface area contributed by atoms with Gasteiger partial charge >= 0.3 is 5.97 Å². The van der Waals surface area contributed by atoms with Gasteiger partial charge in [-0.15, -0.1) is 0 Å². The van der Waals surface area contributed by atoms with E-state index < -0.39 is 74.3 Å². The van der Waals surface area contributed by atoms with Crippen molar-refractivity contribution in [1.82, 2.24) is 9.55 Å². The number of fused-ring (bicyclic) bond motifs is 1. The van der Waals surface area contributed by atoms with Crippen LogP contribution in [0.15, 0.2) is 17.1 Å². The maximum absolute atomic E-state index is 14.6. The van der Waals surface area contributed by atoms with E-state index in [4.69, 9.17) is 16.2 Å². The fourth-order valence-corrected chi connectivity index (χ4v) is 2.67. The molecule has 0 aliphatic heterocycles. The minimum atomic E-state index is -2.05. The first-order chi connectivity index (χ1) is 13.6. The summed E-state index contributed by atoms with van der Waals surface area (Å²) in [5.41, 5.74) is 6.47. The molecule has 0 spiro atoms. The number of nitrogens with two attached hydrogens (primary N) is 2. The van der Waals surface area contributed by atoms with E-state index in [2.05, 4.69) is 4.98 Å². The standard InChI is InChI=1S/C17H11F5N4O3/c1-2-29-17(28)5-4-26(16-7(19)3-6(18)15(24)25-16)13-8(14(5)27)12(23)10(21)9(20)11(13)22/h3-4H,2,23H2,1H3,(H2,24,25). The van der Waals surface area contributed by atoms with Gasteiger partial charge in [0.1, 0.15) is 5.56 Å². The van der Waals surface area contributed by atoms with Crippen LogP contribution < -0.4 is 16.9 Å². The van der Waals surface area contributed by atoms with E-state index in [9.17, 15) is 31.5 Å². The number of halogens is 5. The lowest BCUT2D eigenvalue weighted by molar-refractivity contribution is 0.0524. The van der Waals surface area contributed by atoms with E-state index in [1.807, 2.05) is 0 Å². The average molecular weight is 414 g/mol. The van der Waals surface area contributed by atoms with Gasteiger partial charge in [0, 0.05) is 12.3 Å². The van der Waals surface area contributed by atoms with E-state index in [1.54, 1.807) is 0 Å². The van der Waals surface area contributed by atoms with Crippen molar-refractivity contribution in [3.05, 3.63) is 57.1 Å². The van der Waals surface area contributed by atoms with Gasteiger partial charge in [0.25, 0.3) is 0 Å². The van der Waals surface area contributed by atoms with Crippen molar-refractivity contribution in [2.75, 3.05) is 18.1 Å². The van der Waals surface area contributed by atoms with Crippen molar-refractivity contribution in [2.45, 2.75) is 6.92 Å². The molecule has 0 amide bonds. The SMILES string of the molecule is CCOC(=O)c1cn(-c2nc(N)c(F)cc2F)c2c(F)c(F)c(F)c(N)c2c1=O. The number of carbonyl (C=O) groups is 1. The molecule has 2 heterocycles. The van der Waals surface area contributed by atoms with Gasteiger partial charge in [-0.3, -0.25) is 9.36 Å². The summed E-state index contributed by atoms with van der Waals surface area (Å²) < 4.78 is 75.3. The first kappa shape index (κ1) is 20.0. The Bertz CT molecular complexity index is 1240. The zero-order valence-corrected chi connectivity index (χ0v) is 14.5. The molecule has 4 N–H and O–H groups in total. The predicted octanol–water partition coefficient (Wildman–Crippen LogP) is 2.42. The molecule has 29 heavy (non-hydrogen) atoms. The molecule has 3 aromatic rings. The number of pyridine rings is 2. The lowest BCUT2D eigenvalue weighted by atomic mass is 10.1. The number of nitrogen functional groups attached to an aromatic ring is 2. The van der Waals surface area contributed by atoms with Crippen LogP contribution in [-0.4, -0.2) is 22.1 Å². The Morgan fingerprint density at radius 1 is 1.10 bits per heavy atom. The molecule has 152 valence electrons. The van der Waals surface area contributed by atoms with Gasteiger partial charge in [-0.25, -0.2) is 31.7 Å². The lowest BCUT2D eigenvalue weighted by Gasteiger charge is -2.16. The first-order valence-electron chi connectivity index (χ1n) is 7.90. The van der Waals surface area contributed by atoms with Crippen molar-refractivity contribution in [1.29, 1.82) is 0 Å². The molecule has 12 heteroatoms. The quantitative estimate of drug-likeness (QED) is 0.295. The number of anilines is 2. The van der Waals surface area contributed by atoms with E-state index >= 15 is 0 Å². The number of aromatic nitrogens is 2. The van der Waals surface area contributed by atoms with Gasteiger partial charge in [0.15, 0.2) is 40.7 Å². The van der Waals surface area contributed by atoms with Gasteiger partial charge in [-0.05, 0) is 6.92 Å². The first-order valence-corrected chi connectivity index (χ1v) is 7.90. The van der Waals surface area contributed by atoms with Crippen LogP contribution in [0.4, 0.5) is 33.5 Å². The smallest absolute Gasteiger partial charge is 0.343 e. The second-order valence-corrected chi connectivity index (χ2v) is 5.70. The van der Waals surface area contributed by atoms with Crippen LogP contribution in [0, 0.1) is 29.1 Å². The third-order valence-corrected chi connectivity index (χ3v) is 3.97. The summed E-state index contributed by atoms with van der Waals surface area (Å²) in [7, 11) is 0. The predicted molar refractivity (Wildman–Crippen MR) is 91.9 cm³/mol. The number of ether oxygens (including phenoxy) is 1. The highest BCUT2D eigenvalue weighted by molar-refractivity contribution is 5.98. The van der Waals surface area contributed by atoms with Crippen LogP contribution in [0.2, 0.25) is 0 Å². The van der Waals surface area contributed by atoms with Gasteiger partial charge in [0.2, 0.25) is 5.43 Å². The molecular formula is C17H11F5N4O3. The summed E-state index contributed by atoms with van der Waals surface area (Å²) in [6, 6.07) is 0.298. The van der Waals surface area contributed by atoms with Crippen molar-refractivity contribution in [3.63, 3.8) is 0 Å². The molecule has 0 bridgehead atoms. The van der Waals surface area contributed by atoms with Crippen LogP contribution in [0.5, 0.6) is 0 Å². The van der Waals surface area contributed by atoms with Gasteiger partial charge < -0.3 is 16.2 Å². The molecule has 0 saturated heterocycles. The molecule has 0 fully saturated rings. The van der Waals surface area contributed by atoms with Crippen molar-refractivity contribution >= 4 is 28.4 Å². The molecule has 0 saturated carbocycles. The number of esters is 1. The number of hydrogen-bond donors (Lipinski definition) is 2. The highest BCUT2D eigenvalue weighted by Gasteiger charge is 2.28. The molecule has 0 radical (unpaired) electrons. The Kier molecular flexibility index (Phi) is 4.86. The summed E-state index contributed by atoms with van der Waals surface area (Å²) in [6.45, 7) is 1.25. The molecule has 1 aromatic carbocycles. The largest absolute Gasteiger partial charge is 0.462 e. The normalized spacial score (nSPS) is 11.1. The van der Waals surface area contributed by atoms with E-state index in [1.165, 1.54) is 6.92 Å². The third kappa shape index (κ3) is 3.02. The maximum atomic E-state index is 14.6. The monoisotopic (exact) mass is 414 g/mol. The molecule has 7 nitrogen and oxygen atoms in total. The van der Waals surface area contributed by atoms with Crippen molar-refractivity contribution in [2.24, 2.45) is 0 Å². The molecule has 0 unspecified atom stereocenters. The zero-order valence-electron chi connectivity index (χ0n) is 14.5. The highest BCUT2D eigenvalue weighted by atomic mass is 19.2. The van der Waals surface area contributed by atoms with Gasteiger partial charge in [-0.2, -0.15) is 0 Å². The van der Waals surface area contributed by atoms with Gasteiger partial charge in [-0.1, -0.05) is 0 Å². The van der Waals surface area contributed by atoms with Crippen LogP contribution >= 0.6 is 0 Å². The number of benzene rings is 1. The summed E-state index contributed by atoms with van der Waals surface area (Å²) in [5, 5.41) is -0.962. The molecule has 0 aliphatic rings. The second-order valence-electron chi connectivity index (χ2n) is 5.70. The van der Waals surface area contributed by atoms with Gasteiger partial charge in [0.05, 0.1) is 23.2 Å². The number of rotatable bonds is 3. The molecule has 0 aliphatic carbocycles. The minimum Gasteiger partial charge on any atom is -0.462 e. The summed E-state index contributed by atoms with van der Waals surface area (Å²) >= 11 is 0. The average Bonchev–Trinajstić information content (AvgIpc) is 2.67. The molecule has 2 aromatic heterocycles. The Labute approximate surface area is 158 Å². The van der Waals surface area contributed by atoms with Crippen LogP contribution in [0.25, 0.3) is 16.7 Å². The lowest BCUT2D eigenvalue weighted by Crippen LogP contribution is -2.23. The number of hydrogen-bond acceptors (Lipinski definition) is 6. The fourth-order valence-electron chi connectivity index (χ4n) is 2.67. The summed E-state index contributed by atoms with van der Waals surface area (Å²) in [5.74, 6) is -11.4. The topological polar surface area (TPSA) is 113 Å². The Morgan fingerprint density at radius 3 is 2.38 bits per heavy atom. The minimum absolute atomic E-state index is 0.173. The Morgan fingerprint density at radius 2 is 1.76 bits per heavy atom. The molecular weight excluding hydrogens is 403 g/mol. The maximum Gasteiger partial charge on any atom is 0.343 e. The van der Waals surface area contributed by atoms with E-state index in [0.29, 0.717) is 16.8 Å². The number of carbonyl (C=O) groups excluding carboxylic acids is 1. The third-order valence-electron chi connectivity index (χ3n) is 3.97. The van der Waals surface area contributed by atoms with E-state index in [-0.39, 0.29) is 6.61 Å². The summed E-state index contributed by atoms with van der Waals surface area (Å²) in [4.78, 5) is 28.1. The highest BCUT2D eigenvalue weighted by Crippen LogP contribution is 2.30. The Balaban J connectivity index is 2.59. The Hall–Kier alpha value is -3.70. The van der Waals surface area contributed by atoms with Crippen LogP contribution in [-0.2, 0) is 4.74 Å². The zero-order chi connectivity index (χ0) is 21.6. The van der Waals surface area contributed by atoms with Crippen molar-refractivity contribution < 1.29 is 31.5 Å². The fraction of sp³-hybridized carbons (Fsp3) is 0.118. The van der Waals surface area contributed by atoms with E-state index in [0.717, 1.165) is 0 Å². The number of nitrogens with zero attached hydrogens (tertiary/aromatic N) is 2. The van der Waals surface area contributed by atoms with Crippen LogP contribution in [0.3, 0.4) is 0 Å². The second kappa shape index (κ2) is 7.04. The van der Waals surface area contributed by atoms with Crippen molar-refractivity contribution in [3.8, 4) is 5.82 Å². The van der Waals surface area contributed by atoms with Crippen LogP contribution in [0.1, 0.15) is 17.3 Å². The molecule has 0 atom stereocenters. The summed E-state index contributed by atoms with van der Waals surface area (Å²) in [6.07, 6.45) is 0.589.